The van der Waals surface area contributed by atoms with Gasteiger partial charge in [0.25, 0.3) is 0 Å². The second-order valence-corrected chi connectivity index (χ2v) is 12.2. The Morgan fingerprint density at radius 3 is 1.42 bits per heavy atom. The maximum absolute atomic E-state index is 11.6. The summed E-state index contributed by atoms with van der Waals surface area (Å²) in [6.07, 6.45) is -0.595. The van der Waals surface area contributed by atoms with Crippen LogP contribution in [0.5, 0.6) is 0 Å². The van der Waals surface area contributed by atoms with Crippen molar-refractivity contribution in [3.05, 3.63) is 131 Å². The number of benzene rings is 4. The fourth-order valence-corrected chi connectivity index (χ4v) is 5.65. The normalized spacial score (nSPS) is 14.8. The molecule has 186 valence electrons. The predicted octanol–water partition coefficient (Wildman–Crippen LogP) is 9.39. The van der Waals surface area contributed by atoms with Crippen LogP contribution < -0.4 is 0 Å². The van der Waals surface area contributed by atoms with E-state index < -0.39 is 6.10 Å². The van der Waals surface area contributed by atoms with Crippen molar-refractivity contribution in [2.24, 2.45) is 10.8 Å². The van der Waals surface area contributed by atoms with E-state index in [2.05, 4.69) is 145 Å². The molecule has 0 fully saturated rings. The van der Waals surface area contributed by atoms with Crippen molar-refractivity contribution in [2.45, 2.75) is 59.5 Å². The summed E-state index contributed by atoms with van der Waals surface area (Å²) in [7, 11) is 0. The molecule has 0 saturated carbocycles. The van der Waals surface area contributed by atoms with Gasteiger partial charge in [-0.3, -0.25) is 0 Å². The lowest BCUT2D eigenvalue weighted by Crippen LogP contribution is -2.25. The Kier molecular flexibility index (Phi) is 7.52. The van der Waals surface area contributed by atoms with Crippen molar-refractivity contribution in [1.82, 2.24) is 0 Å². The summed E-state index contributed by atoms with van der Waals surface area (Å²) in [4.78, 5) is 0. The number of hydrogen-bond donors (Lipinski definition) is 1. The average molecular weight is 477 g/mol. The Bertz CT molecular complexity index is 1260. The van der Waals surface area contributed by atoms with E-state index in [0.29, 0.717) is 0 Å². The molecule has 0 aromatic heterocycles. The second-order valence-electron chi connectivity index (χ2n) is 12.2. The largest absolute Gasteiger partial charge is 0.388 e. The SMILES string of the molecule is CC(C)(C)C(c1ccccc1)c1cccc(-c2cccc(C(O)C(c3ccccc3)C(C)(C)C)c2)c1. The van der Waals surface area contributed by atoms with Gasteiger partial charge in [-0.2, -0.15) is 0 Å². The van der Waals surface area contributed by atoms with E-state index >= 15 is 0 Å². The van der Waals surface area contributed by atoms with Gasteiger partial charge in [0.1, 0.15) is 0 Å². The third kappa shape index (κ3) is 5.79. The van der Waals surface area contributed by atoms with Crippen LogP contribution in [-0.4, -0.2) is 5.11 Å². The minimum Gasteiger partial charge on any atom is -0.388 e. The minimum absolute atomic E-state index is 0.0105. The zero-order valence-electron chi connectivity index (χ0n) is 22.6. The van der Waals surface area contributed by atoms with Gasteiger partial charge < -0.3 is 5.11 Å². The summed E-state index contributed by atoms with van der Waals surface area (Å²) >= 11 is 0. The van der Waals surface area contributed by atoms with Crippen molar-refractivity contribution < 1.29 is 5.11 Å². The molecule has 0 spiro atoms. The molecule has 0 saturated heterocycles. The first-order chi connectivity index (χ1) is 17.1. The van der Waals surface area contributed by atoms with Crippen molar-refractivity contribution in [3.8, 4) is 11.1 Å². The molecule has 36 heavy (non-hydrogen) atoms. The fraction of sp³-hybridized carbons (Fsp3) is 0.314. The zero-order chi connectivity index (χ0) is 25.9. The molecule has 1 nitrogen and oxygen atoms in total. The van der Waals surface area contributed by atoms with E-state index in [9.17, 15) is 5.11 Å². The number of aliphatic hydroxyl groups is 1. The molecule has 0 aliphatic rings. The highest BCUT2D eigenvalue weighted by Gasteiger charge is 2.33. The van der Waals surface area contributed by atoms with Gasteiger partial charge in [-0.25, -0.2) is 0 Å². The summed E-state index contributed by atoms with van der Waals surface area (Å²) in [6, 6.07) is 38.6. The highest BCUT2D eigenvalue weighted by atomic mass is 16.3. The van der Waals surface area contributed by atoms with Crippen LogP contribution in [0.3, 0.4) is 0 Å². The molecule has 3 unspecified atom stereocenters. The summed E-state index contributed by atoms with van der Waals surface area (Å²) in [5.74, 6) is 0.277. The van der Waals surface area contributed by atoms with E-state index in [-0.39, 0.29) is 22.7 Å². The van der Waals surface area contributed by atoms with Crippen molar-refractivity contribution >= 4 is 0 Å². The quantitative estimate of drug-likeness (QED) is 0.294. The van der Waals surface area contributed by atoms with Gasteiger partial charge in [-0.05, 0) is 50.3 Å². The van der Waals surface area contributed by atoms with Gasteiger partial charge in [-0.15, -0.1) is 0 Å². The van der Waals surface area contributed by atoms with Gasteiger partial charge in [0.05, 0.1) is 6.10 Å². The van der Waals surface area contributed by atoms with Crippen LogP contribution in [0.2, 0.25) is 0 Å². The summed E-state index contributed by atoms with van der Waals surface area (Å²) in [5, 5.41) is 11.6. The molecule has 3 atom stereocenters. The highest BCUT2D eigenvalue weighted by molar-refractivity contribution is 5.66. The van der Waals surface area contributed by atoms with Crippen molar-refractivity contribution in [3.63, 3.8) is 0 Å². The molecule has 4 aromatic rings. The van der Waals surface area contributed by atoms with Crippen molar-refractivity contribution in [2.75, 3.05) is 0 Å². The van der Waals surface area contributed by atoms with Gasteiger partial charge in [0, 0.05) is 11.8 Å². The molecule has 4 aromatic carbocycles. The Balaban J connectivity index is 1.72. The van der Waals surface area contributed by atoms with Gasteiger partial charge in [0.15, 0.2) is 0 Å². The standard InChI is InChI=1S/C35H40O/c1-34(2,3)31(25-15-9-7-10-16-25)29-21-13-19-27(23-29)28-20-14-22-30(24-28)33(36)32(35(4,5)6)26-17-11-8-12-18-26/h7-24,31-33,36H,1-6H3. The van der Waals surface area contributed by atoms with Crippen LogP contribution in [0.15, 0.2) is 109 Å². The first-order valence-corrected chi connectivity index (χ1v) is 13.0. The van der Waals surface area contributed by atoms with Crippen LogP contribution >= 0.6 is 0 Å². The molecular formula is C35H40O. The lowest BCUT2D eigenvalue weighted by atomic mass is 9.71. The van der Waals surface area contributed by atoms with Crippen LogP contribution in [0.25, 0.3) is 11.1 Å². The van der Waals surface area contributed by atoms with Crippen LogP contribution in [0.1, 0.15) is 81.7 Å². The second kappa shape index (κ2) is 10.4. The number of rotatable bonds is 6. The van der Waals surface area contributed by atoms with Gasteiger partial charge in [0.2, 0.25) is 0 Å². The smallest absolute Gasteiger partial charge is 0.0863 e. The van der Waals surface area contributed by atoms with Crippen LogP contribution in [0, 0.1) is 10.8 Å². The molecule has 1 N–H and O–H groups in total. The molecule has 0 bridgehead atoms. The van der Waals surface area contributed by atoms with Crippen LogP contribution in [-0.2, 0) is 0 Å². The Hall–Kier alpha value is -3.16. The third-order valence-corrected chi connectivity index (χ3v) is 7.19. The predicted molar refractivity (Wildman–Crippen MR) is 153 cm³/mol. The van der Waals surface area contributed by atoms with Gasteiger partial charge >= 0.3 is 0 Å². The maximum atomic E-state index is 11.6. The van der Waals surface area contributed by atoms with E-state index in [0.717, 1.165) is 11.1 Å². The first-order valence-electron chi connectivity index (χ1n) is 13.0. The fourth-order valence-electron chi connectivity index (χ4n) is 5.65. The topological polar surface area (TPSA) is 20.2 Å². The molecule has 1 heteroatoms. The van der Waals surface area contributed by atoms with Crippen LogP contribution in [0.4, 0.5) is 0 Å². The average Bonchev–Trinajstić information content (AvgIpc) is 2.84. The molecule has 0 aliphatic heterocycles. The van der Waals surface area contributed by atoms with Gasteiger partial charge in [-0.1, -0.05) is 145 Å². The molecule has 0 radical (unpaired) electrons. The monoisotopic (exact) mass is 476 g/mol. The number of aliphatic hydroxyl groups excluding tert-OH is 1. The van der Waals surface area contributed by atoms with E-state index in [4.69, 9.17) is 0 Å². The maximum Gasteiger partial charge on any atom is 0.0863 e. The Morgan fingerprint density at radius 1 is 0.472 bits per heavy atom. The lowest BCUT2D eigenvalue weighted by Gasteiger charge is -2.35. The molecular weight excluding hydrogens is 436 g/mol. The molecule has 0 heterocycles. The first kappa shape index (κ1) is 25.9. The lowest BCUT2D eigenvalue weighted by molar-refractivity contribution is 0.0894. The Labute approximate surface area is 217 Å². The van der Waals surface area contributed by atoms with E-state index in [1.54, 1.807) is 0 Å². The minimum atomic E-state index is -0.595. The van der Waals surface area contributed by atoms with E-state index in [1.165, 1.54) is 22.3 Å². The highest BCUT2D eigenvalue weighted by Crippen LogP contribution is 2.45. The molecule has 0 amide bonds. The molecule has 4 rings (SSSR count). The summed E-state index contributed by atoms with van der Waals surface area (Å²) in [5.41, 5.74) is 7.07. The van der Waals surface area contributed by atoms with Crippen molar-refractivity contribution in [1.29, 1.82) is 0 Å². The zero-order valence-corrected chi connectivity index (χ0v) is 22.6. The summed E-state index contributed by atoms with van der Waals surface area (Å²) < 4.78 is 0. The van der Waals surface area contributed by atoms with E-state index in [1.807, 2.05) is 6.07 Å². The number of hydrogen-bond acceptors (Lipinski definition) is 1. The Morgan fingerprint density at radius 2 is 0.917 bits per heavy atom. The molecule has 0 aliphatic carbocycles. The third-order valence-electron chi connectivity index (χ3n) is 7.19. The summed E-state index contributed by atoms with van der Waals surface area (Å²) in [6.45, 7) is 13.5.